The van der Waals surface area contributed by atoms with Crippen molar-refractivity contribution < 1.29 is 14.0 Å². The van der Waals surface area contributed by atoms with E-state index in [1.165, 1.54) is 13.2 Å². The van der Waals surface area contributed by atoms with Gasteiger partial charge in [0.1, 0.15) is 6.26 Å². The fraction of sp³-hybridized carbons (Fsp3) is 0.190. The first-order chi connectivity index (χ1) is 13.1. The van der Waals surface area contributed by atoms with Crippen molar-refractivity contribution in [3.63, 3.8) is 0 Å². The summed E-state index contributed by atoms with van der Waals surface area (Å²) < 4.78 is 5.03. The van der Waals surface area contributed by atoms with Crippen LogP contribution in [0, 0.1) is 0 Å². The Hall–Kier alpha value is -3.41. The number of amides is 2. The molecule has 4 rings (SSSR count). The summed E-state index contributed by atoms with van der Waals surface area (Å²) >= 11 is 0. The molecule has 0 saturated carbocycles. The highest BCUT2D eigenvalue weighted by molar-refractivity contribution is 6.06. The van der Waals surface area contributed by atoms with Gasteiger partial charge in [0, 0.05) is 24.5 Å². The Bertz CT molecular complexity index is 1100. The van der Waals surface area contributed by atoms with Gasteiger partial charge in [-0.1, -0.05) is 36.4 Å². The Labute approximate surface area is 155 Å². The van der Waals surface area contributed by atoms with E-state index in [0.717, 1.165) is 11.3 Å². The van der Waals surface area contributed by atoms with Gasteiger partial charge in [0.25, 0.3) is 5.91 Å². The first-order valence-corrected chi connectivity index (χ1v) is 8.74. The molecule has 0 fully saturated rings. The molecule has 0 saturated heterocycles. The minimum absolute atomic E-state index is 0.0249. The molecule has 1 N–H and O–H groups in total. The summed E-state index contributed by atoms with van der Waals surface area (Å²) in [5, 5.41) is 3.95. The molecule has 0 radical (unpaired) electrons. The van der Waals surface area contributed by atoms with Crippen molar-refractivity contribution >= 4 is 28.3 Å². The van der Waals surface area contributed by atoms with Gasteiger partial charge in [-0.25, -0.2) is 4.79 Å². The normalized spacial score (nSPS) is 16.0. The Morgan fingerprint density at radius 1 is 1.07 bits per heavy atom. The van der Waals surface area contributed by atoms with Crippen molar-refractivity contribution in [1.82, 2.24) is 5.32 Å². The van der Waals surface area contributed by atoms with Crippen LogP contribution < -0.4 is 15.8 Å². The molecule has 1 aliphatic heterocycles. The number of rotatable bonds is 2. The quantitative estimate of drug-likeness (QED) is 0.760. The Kier molecular flexibility index (Phi) is 4.24. The number of carbonyl (C=O) groups excluding carboxylic acids is 2. The molecule has 3 aromatic rings. The molecule has 0 bridgehead atoms. The van der Waals surface area contributed by atoms with Crippen LogP contribution in [0.1, 0.15) is 35.3 Å². The first kappa shape index (κ1) is 17.0. The SMILES string of the molecule is CC(=O)N1CCC(NC(=O)c2coc(=O)c3ccccc23)c2ccccc21. The van der Waals surface area contributed by atoms with Crippen LogP contribution in [0.25, 0.3) is 10.8 Å². The van der Waals surface area contributed by atoms with Crippen LogP contribution >= 0.6 is 0 Å². The molecule has 1 aliphatic rings. The maximum absolute atomic E-state index is 12.9. The van der Waals surface area contributed by atoms with Crippen molar-refractivity contribution in [2.24, 2.45) is 0 Å². The zero-order valence-electron chi connectivity index (χ0n) is 14.8. The Morgan fingerprint density at radius 3 is 2.56 bits per heavy atom. The first-order valence-electron chi connectivity index (χ1n) is 8.74. The second-order valence-electron chi connectivity index (χ2n) is 6.53. The van der Waals surface area contributed by atoms with Crippen LogP contribution in [0.5, 0.6) is 0 Å². The molecular weight excluding hydrogens is 344 g/mol. The summed E-state index contributed by atoms with van der Waals surface area (Å²) in [6.45, 7) is 2.07. The Morgan fingerprint density at radius 2 is 1.78 bits per heavy atom. The molecule has 27 heavy (non-hydrogen) atoms. The Balaban J connectivity index is 1.68. The maximum Gasteiger partial charge on any atom is 0.343 e. The predicted molar refractivity (Wildman–Crippen MR) is 102 cm³/mol. The molecule has 6 nitrogen and oxygen atoms in total. The minimum Gasteiger partial charge on any atom is -0.430 e. The number of hydrogen-bond donors (Lipinski definition) is 1. The fourth-order valence-electron chi connectivity index (χ4n) is 3.59. The van der Waals surface area contributed by atoms with Crippen molar-refractivity contribution in [2.45, 2.75) is 19.4 Å². The zero-order chi connectivity index (χ0) is 19.0. The van der Waals surface area contributed by atoms with E-state index in [4.69, 9.17) is 4.42 Å². The molecule has 1 aromatic heterocycles. The van der Waals surface area contributed by atoms with Gasteiger partial charge in [-0.3, -0.25) is 9.59 Å². The smallest absolute Gasteiger partial charge is 0.343 e. The number of carbonyl (C=O) groups is 2. The average molecular weight is 362 g/mol. The number of benzene rings is 2. The second kappa shape index (κ2) is 6.72. The van der Waals surface area contributed by atoms with E-state index in [1.54, 1.807) is 29.2 Å². The number of anilines is 1. The molecule has 1 unspecified atom stereocenters. The summed E-state index contributed by atoms with van der Waals surface area (Å²) in [4.78, 5) is 38.4. The van der Waals surface area contributed by atoms with E-state index >= 15 is 0 Å². The van der Waals surface area contributed by atoms with Crippen LogP contribution in [0.4, 0.5) is 5.69 Å². The number of nitrogens with one attached hydrogen (secondary N) is 1. The van der Waals surface area contributed by atoms with Gasteiger partial charge in [-0.15, -0.1) is 0 Å². The van der Waals surface area contributed by atoms with Crippen molar-refractivity contribution in [3.8, 4) is 0 Å². The minimum atomic E-state index is -0.470. The van der Waals surface area contributed by atoms with Crippen LogP contribution in [0.2, 0.25) is 0 Å². The van der Waals surface area contributed by atoms with Crippen LogP contribution in [-0.4, -0.2) is 18.4 Å². The molecular formula is C21H18N2O4. The molecule has 6 heteroatoms. The third-order valence-electron chi connectivity index (χ3n) is 4.90. The molecule has 2 aromatic carbocycles. The van der Waals surface area contributed by atoms with Gasteiger partial charge in [-0.2, -0.15) is 0 Å². The lowest BCUT2D eigenvalue weighted by atomic mass is 9.95. The highest BCUT2D eigenvalue weighted by Crippen LogP contribution is 2.34. The van der Waals surface area contributed by atoms with Gasteiger partial charge in [0.05, 0.1) is 17.0 Å². The van der Waals surface area contributed by atoms with Crippen LogP contribution in [0.3, 0.4) is 0 Å². The zero-order valence-corrected chi connectivity index (χ0v) is 14.8. The lowest BCUT2D eigenvalue weighted by molar-refractivity contribution is -0.116. The van der Waals surface area contributed by atoms with Gasteiger partial charge < -0.3 is 14.6 Å². The molecule has 2 heterocycles. The van der Waals surface area contributed by atoms with Gasteiger partial charge in [-0.05, 0) is 24.1 Å². The second-order valence-corrected chi connectivity index (χ2v) is 6.53. The third-order valence-corrected chi connectivity index (χ3v) is 4.90. The van der Waals surface area contributed by atoms with Gasteiger partial charge in [0.2, 0.25) is 5.91 Å². The van der Waals surface area contributed by atoms with Gasteiger partial charge >= 0.3 is 5.63 Å². The van der Waals surface area contributed by atoms with Crippen LogP contribution in [0.15, 0.2) is 64.0 Å². The molecule has 2 amide bonds. The number of para-hydroxylation sites is 1. The molecule has 136 valence electrons. The lowest BCUT2D eigenvalue weighted by Crippen LogP contribution is -2.40. The van der Waals surface area contributed by atoms with Crippen molar-refractivity contribution in [1.29, 1.82) is 0 Å². The van der Waals surface area contributed by atoms with Crippen molar-refractivity contribution in [2.75, 3.05) is 11.4 Å². The lowest BCUT2D eigenvalue weighted by Gasteiger charge is -2.34. The predicted octanol–water partition coefficient (Wildman–Crippen LogP) is 3.02. The van der Waals surface area contributed by atoms with E-state index in [1.807, 2.05) is 24.3 Å². The molecule has 0 spiro atoms. The maximum atomic E-state index is 12.9. The highest BCUT2D eigenvalue weighted by atomic mass is 16.4. The summed E-state index contributed by atoms with van der Waals surface area (Å²) in [7, 11) is 0. The van der Waals surface area contributed by atoms with E-state index in [0.29, 0.717) is 29.3 Å². The number of fused-ring (bicyclic) bond motifs is 2. The average Bonchev–Trinajstić information content (AvgIpc) is 2.68. The van der Waals surface area contributed by atoms with E-state index in [9.17, 15) is 14.4 Å². The van der Waals surface area contributed by atoms with E-state index < -0.39 is 5.63 Å². The van der Waals surface area contributed by atoms with Crippen molar-refractivity contribution in [3.05, 3.63) is 76.3 Å². The third kappa shape index (κ3) is 2.99. The summed E-state index contributed by atoms with van der Waals surface area (Å²) in [5.74, 6) is -0.339. The van der Waals surface area contributed by atoms with Crippen LogP contribution in [-0.2, 0) is 4.79 Å². The summed E-state index contributed by atoms with van der Waals surface area (Å²) in [6.07, 6.45) is 1.81. The molecule has 0 aliphatic carbocycles. The monoisotopic (exact) mass is 362 g/mol. The molecule has 1 atom stereocenters. The van der Waals surface area contributed by atoms with E-state index in [2.05, 4.69) is 5.32 Å². The number of nitrogens with zero attached hydrogens (tertiary/aromatic N) is 1. The van der Waals surface area contributed by atoms with Gasteiger partial charge in [0.15, 0.2) is 0 Å². The van der Waals surface area contributed by atoms with E-state index in [-0.39, 0.29) is 17.9 Å². The summed E-state index contributed by atoms with van der Waals surface area (Å²) in [6, 6.07) is 14.2. The fourth-order valence-corrected chi connectivity index (χ4v) is 3.59. The topological polar surface area (TPSA) is 79.6 Å². The standard InChI is InChI=1S/C21H18N2O4/c1-13(24)23-11-10-18(16-8-4-5-9-19(16)23)22-20(25)17-12-27-21(26)15-7-3-2-6-14(15)17/h2-9,12,18H,10-11H2,1H3,(H,22,25). The largest absolute Gasteiger partial charge is 0.430 e. The highest BCUT2D eigenvalue weighted by Gasteiger charge is 2.28. The summed E-state index contributed by atoms with van der Waals surface area (Å²) in [5.41, 5.74) is 1.55. The number of hydrogen-bond acceptors (Lipinski definition) is 4.